The van der Waals surface area contributed by atoms with E-state index in [-0.39, 0.29) is 5.96 Å². The van der Waals surface area contributed by atoms with Gasteiger partial charge < -0.3 is 25.7 Å². The van der Waals surface area contributed by atoms with Crippen LogP contribution >= 0.6 is 0 Å². The third kappa shape index (κ3) is 3.27. The fourth-order valence-corrected chi connectivity index (χ4v) is 1.34. The highest BCUT2D eigenvalue weighted by atomic mass is 16.5. The van der Waals surface area contributed by atoms with Gasteiger partial charge in [-0.1, -0.05) is 0 Å². The van der Waals surface area contributed by atoms with Crippen molar-refractivity contribution in [1.29, 1.82) is 0 Å². The molecule has 1 aromatic rings. The molecule has 0 aliphatic rings. The minimum absolute atomic E-state index is 0.0642. The number of nitrogens with one attached hydrogen (secondary N) is 1. The Morgan fingerprint density at radius 1 is 1.06 bits per heavy atom. The van der Waals surface area contributed by atoms with Gasteiger partial charge in [0.25, 0.3) is 5.96 Å². The monoisotopic (exact) mass is 253 g/mol. The number of rotatable bonds is 5. The summed E-state index contributed by atoms with van der Waals surface area (Å²) in [7, 11) is 4.66. The van der Waals surface area contributed by atoms with Gasteiger partial charge in [-0.05, 0) is 0 Å². The van der Waals surface area contributed by atoms with Crippen LogP contribution in [0.5, 0.6) is 17.2 Å². The molecule has 7 nitrogen and oxygen atoms in total. The Morgan fingerprint density at radius 3 is 2.11 bits per heavy atom. The molecular weight excluding hydrogens is 236 g/mol. The number of benzene rings is 1. The molecule has 5 N–H and O–H groups in total. The lowest BCUT2D eigenvalue weighted by atomic mass is 10.2. The number of hydrogen-bond acceptors (Lipinski definition) is 4. The smallest absolute Gasteiger partial charge is 0.256 e. The molecule has 7 heteroatoms. The van der Waals surface area contributed by atoms with E-state index in [4.69, 9.17) is 25.7 Å². The Balaban J connectivity index is 3.17. The summed E-state index contributed by atoms with van der Waals surface area (Å²) in [6.07, 6.45) is 1.58. The number of methoxy groups -OCH3 is 3. The van der Waals surface area contributed by atoms with Crippen LogP contribution < -0.4 is 30.8 Å². The van der Waals surface area contributed by atoms with Crippen LogP contribution in [0.1, 0.15) is 5.56 Å². The molecule has 1 rings (SSSR count). The highest BCUT2D eigenvalue weighted by molar-refractivity contribution is 5.82. The van der Waals surface area contributed by atoms with Gasteiger partial charge in [0.15, 0.2) is 11.5 Å². The first-order valence-corrected chi connectivity index (χ1v) is 5.09. The quantitative estimate of drug-likeness (QED) is 0.333. The Morgan fingerprint density at radius 2 is 1.61 bits per heavy atom. The second kappa shape index (κ2) is 6.33. The largest absolute Gasteiger partial charge is 0.496 e. The minimum Gasteiger partial charge on any atom is -0.496 e. The van der Waals surface area contributed by atoms with Crippen molar-refractivity contribution in [2.45, 2.75) is 0 Å². The number of ether oxygens (including phenoxy) is 3. The molecule has 0 spiro atoms. The summed E-state index contributed by atoms with van der Waals surface area (Å²) in [4.78, 5) is 0. The molecule has 0 unspecified atom stereocenters. The maximum absolute atomic E-state index is 5.23. The number of hydrazone groups is 1. The molecule has 0 amide bonds. The molecule has 0 atom stereocenters. The van der Waals surface area contributed by atoms with Gasteiger partial charge in [0.2, 0.25) is 6.21 Å². The van der Waals surface area contributed by atoms with Crippen molar-refractivity contribution in [2.24, 2.45) is 16.6 Å². The Labute approximate surface area is 105 Å². The lowest BCUT2D eigenvalue weighted by Crippen LogP contribution is -2.63. The fourth-order valence-electron chi connectivity index (χ4n) is 1.34. The Hall–Kier alpha value is -2.44. The zero-order valence-corrected chi connectivity index (χ0v) is 10.6. The summed E-state index contributed by atoms with van der Waals surface area (Å²) in [5, 5.41) is 6.23. The van der Waals surface area contributed by atoms with Gasteiger partial charge >= 0.3 is 0 Å². The fraction of sp³-hybridized carbons (Fsp3) is 0.273. The third-order valence-electron chi connectivity index (χ3n) is 2.15. The van der Waals surface area contributed by atoms with Gasteiger partial charge in [0.05, 0.1) is 26.9 Å². The maximum Gasteiger partial charge on any atom is 0.256 e. The van der Waals surface area contributed by atoms with Crippen LogP contribution in [-0.2, 0) is 0 Å². The average Bonchev–Trinajstić information content (AvgIpc) is 2.37. The predicted molar refractivity (Wildman–Crippen MR) is 68.0 cm³/mol. The summed E-state index contributed by atoms with van der Waals surface area (Å²) in [6, 6.07) is 3.45. The molecule has 0 heterocycles. The Bertz CT molecular complexity index is 468. The van der Waals surface area contributed by atoms with Gasteiger partial charge in [-0.15, -0.1) is 5.10 Å². The summed E-state index contributed by atoms with van der Waals surface area (Å²) in [5.41, 5.74) is 11.1. The van der Waals surface area contributed by atoms with E-state index >= 15 is 0 Å². The first kappa shape index (κ1) is 13.6. The van der Waals surface area contributed by atoms with E-state index in [0.29, 0.717) is 17.2 Å². The number of guanidine groups is 1. The average molecular weight is 253 g/mol. The molecule has 98 valence electrons. The van der Waals surface area contributed by atoms with Crippen LogP contribution in [0.3, 0.4) is 0 Å². The molecule has 0 aliphatic heterocycles. The first-order chi connectivity index (χ1) is 8.62. The maximum atomic E-state index is 5.23. The molecule has 1 aromatic carbocycles. The highest BCUT2D eigenvalue weighted by Gasteiger charge is 2.11. The lowest BCUT2D eigenvalue weighted by Gasteiger charge is -2.10. The molecule has 0 fully saturated rings. The van der Waals surface area contributed by atoms with Crippen molar-refractivity contribution in [3.8, 4) is 17.2 Å². The van der Waals surface area contributed by atoms with E-state index in [1.165, 1.54) is 0 Å². The molecule has 0 radical (unpaired) electrons. The van der Waals surface area contributed by atoms with Crippen molar-refractivity contribution in [3.63, 3.8) is 0 Å². The van der Waals surface area contributed by atoms with Crippen molar-refractivity contribution in [3.05, 3.63) is 17.7 Å². The van der Waals surface area contributed by atoms with Crippen molar-refractivity contribution in [2.75, 3.05) is 21.3 Å². The zero-order chi connectivity index (χ0) is 13.5. The van der Waals surface area contributed by atoms with E-state index in [1.54, 1.807) is 39.7 Å². The summed E-state index contributed by atoms with van der Waals surface area (Å²) in [5.74, 6) is 1.70. The first-order valence-electron chi connectivity index (χ1n) is 5.09. The van der Waals surface area contributed by atoms with Gasteiger partial charge in [0, 0.05) is 17.2 Å². The van der Waals surface area contributed by atoms with Crippen molar-refractivity contribution >= 4 is 12.2 Å². The lowest BCUT2D eigenvalue weighted by molar-refractivity contribution is -0.456. The number of nitrogens with two attached hydrogens (primary N) is 2. The van der Waals surface area contributed by atoms with Crippen LogP contribution in [0.25, 0.3) is 0 Å². The molecular formula is C11H17N4O3+. The van der Waals surface area contributed by atoms with E-state index in [0.717, 1.165) is 5.56 Å². The predicted octanol–water partition coefficient (Wildman–Crippen LogP) is -1.60. The normalized spacial score (nSPS) is 10.2. The molecule has 0 aliphatic carbocycles. The second-order valence-electron chi connectivity index (χ2n) is 3.26. The van der Waals surface area contributed by atoms with Gasteiger partial charge in [-0.25, -0.2) is 0 Å². The SMILES string of the molecule is COc1cc(OC)c(OC)cc1/C=[NH+]/N=C(N)N. The highest BCUT2D eigenvalue weighted by Crippen LogP contribution is 2.33. The van der Waals surface area contributed by atoms with Crippen LogP contribution in [0, 0.1) is 0 Å². The van der Waals surface area contributed by atoms with E-state index in [9.17, 15) is 0 Å². The zero-order valence-electron chi connectivity index (χ0n) is 10.6. The summed E-state index contributed by atoms with van der Waals surface area (Å²) < 4.78 is 15.6. The van der Waals surface area contributed by atoms with E-state index in [2.05, 4.69) is 10.2 Å². The summed E-state index contributed by atoms with van der Waals surface area (Å²) in [6.45, 7) is 0. The van der Waals surface area contributed by atoms with Crippen LogP contribution in [0.2, 0.25) is 0 Å². The topological polar surface area (TPSA) is 106 Å². The summed E-state index contributed by atoms with van der Waals surface area (Å²) >= 11 is 0. The van der Waals surface area contributed by atoms with E-state index < -0.39 is 0 Å². The minimum atomic E-state index is -0.0642. The standard InChI is InChI=1S/C11H16N4O3/c1-16-8-5-10(18-3)9(17-2)4-7(8)6-14-15-11(12)13/h4-6H,1-3H3,(H4,12,13,15)/p+1/b14-6+. The van der Waals surface area contributed by atoms with Crippen LogP contribution in [0.15, 0.2) is 17.2 Å². The van der Waals surface area contributed by atoms with Gasteiger partial charge in [-0.3, -0.25) is 0 Å². The Kier molecular flexibility index (Phi) is 4.79. The van der Waals surface area contributed by atoms with E-state index in [1.807, 2.05) is 0 Å². The molecule has 0 bridgehead atoms. The van der Waals surface area contributed by atoms with Gasteiger partial charge in [-0.2, -0.15) is 0 Å². The van der Waals surface area contributed by atoms with Crippen molar-refractivity contribution < 1.29 is 19.3 Å². The van der Waals surface area contributed by atoms with Crippen LogP contribution in [0.4, 0.5) is 0 Å². The van der Waals surface area contributed by atoms with Crippen LogP contribution in [-0.4, -0.2) is 33.5 Å². The molecule has 0 saturated carbocycles. The molecule has 18 heavy (non-hydrogen) atoms. The number of hydrogen-bond donors (Lipinski definition) is 3. The second-order valence-corrected chi connectivity index (χ2v) is 3.26. The number of nitrogens with zero attached hydrogens (tertiary/aromatic N) is 1. The molecule has 0 aromatic heterocycles. The third-order valence-corrected chi connectivity index (χ3v) is 2.15. The molecule has 0 saturated heterocycles. The van der Waals surface area contributed by atoms with Crippen molar-refractivity contribution in [1.82, 2.24) is 0 Å². The van der Waals surface area contributed by atoms with Gasteiger partial charge in [0.1, 0.15) is 5.75 Å².